The van der Waals surface area contributed by atoms with E-state index < -0.39 is 0 Å². The Balaban J connectivity index is 2.18. The van der Waals surface area contributed by atoms with Gasteiger partial charge in [0.15, 0.2) is 0 Å². The van der Waals surface area contributed by atoms with Gasteiger partial charge in [-0.25, -0.2) is 0 Å². The monoisotopic (exact) mass is 142 g/mol. The molecule has 1 aliphatic carbocycles. The largest absolute Gasteiger partial charge is 0.179 e. The van der Waals surface area contributed by atoms with E-state index in [-0.39, 0.29) is 0 Å². The Hall–Kier alpha value is 0.0900. The van der Waals surface area contributed by atoms with Gasteiger partial charge < -0.3 is 0 Å². The van der Waals surface area contributed by atoms with Crippen molar-refractivity contribution in [3.8, 4) is 0 Å². The standard InChI is InChI=1S/C8H14S/c9-7-6-8-4-2-1-3-5-8/h1-2,8-9H,3-7H2. The molecule has 1 unspecified atom stereocenters. The van der Waals surface area contributed by atoms with Crippen molar-refractivity contribution in [2.24, 2.45) is 5.92 Å². The van der Waals surface area contributed by atoms with Crippen molar-refractivity contribution < 1.29 is 0 Å². The minimum atomic E-state index is 0.937. The van der Waals surface area contributed by atoms with Crippen molar-refractivity contribution in [2.75, 3.05) is 5.75 Å². The average Bonchev–Trinajstić information content (AvgIpc) is 1.91. The van der Waals surface area contributed by atoms with E-state index in [0.717, 1.165) is 11.7 Å². The van der Waals surface area contributed by atoms with Gasteiger partial charge >= 0.3 is 0 Å². The molecule has 0 saturated carbocycles. The smallest absolute Gasteiger partial charge is 0.00952 e. The van der Waals surface area contributed by atoms with E-state index in [1.807, 2.05) is 0 Å². The summed E-state index contributed by atoms with van der Waals surface area (Å²) in [6.07, 6.45) is 9.86. The van der Waals surface area contributed by atoms with Crippen LogP contribution in [0.1, 0.15) is 25.7 Å². The van der Waals surface area contributed by atoms with Crippen LogP contribution in [0.25, 0.3) is 0 Å². The minimum absolute atomic E-state index is 0.937. The molecule has 0 fully saturated rings. The van der Waals surface area contributed by atoms with Gasteiger partial charge in [0.1, 0.15) is 0 Å². The molecule has 1 atom stereocenters. The Morgan fingerprint density at radius 3 is 2.89 bits per heavy atom. The van der Waals surface area contributed by atoms with E-state index in [1.165, 1.54) is 25.7 Å². The van der Waals surface area contributed by atoms with Crippen molar-refractivity contribution in [3.05, 3.63) is 12.2 Å². The Morgan fingerprint density at radius 1 is 1.44 bits per heavy atom. The summed E-state index contributed by atoms with van der Waals surface area (Å²) in [6, 6.07) is 0. The Bertz CT molecular complexity index is 96.7. The molecule has 0 aliphatic heterocycles. The summed E-state index contributed by atoms with van der Waals surface area (Å²) < 4.78 is 0. The molecule has 0 N–H and O–H groups in total. The van der Waals surface area contributed by atoms with E-state index >= 15 is 0 Å². The molecule has 0 radical (unpaired) electrons. The van der Waals surface area contributed by atoms with Crippen LogP contribution in [0.2, 0.25) is 0 Å². The summed E-state index contributed by atoms with van der Waals surface area (Å²) in [6.45, 7) is 0. The molecule has 0 aromatic carbocycles. The first-order valence-corrected chi connectivity index (χ1v) is 4.32. The van der Waals surface area contributed by atoms with Crippen molar-refractivity contribution in [1.82, 2.24) is 0 Å². The molecular weight excluding hydrogens is 128 g/mol. The number of hydrogen-bond acceptors (Lipinski definition) is 1. The predicted octanol–water partition coefficient (Wildman–Crippen LogP) is 2.66. The highest BCUT2D eigenvalue weighted by Crippen LogP contribution is 2.21. The topological polar surface area (TPSA) is 0 Å². The van der Waals surface area contributed by atoms with Gasteiger partial charge in [0, 0.05) is 0 Å². The van der Waals surface area contributed by atoms with Crippen LogP contribution in [0, 0.1) is 5.92 Å². The first-order valence-electron chi connectivity index (χ1n) is 3.69. The molecule has 0 nitrogen and oxygen atoms in total. The lowest BCUT2D eigenvalue weighted by molar-refractivity contribution is 0.469. The first-order chi connectivity index (χ1) is 4.43. The van der Waals surface area contributed by atoms with Gasteiger partial charge in [0.05, 0.1) is 0 Å². The van der Waals surface area contributed by atoms with Gasteiger partial charge in [-0.15, -0.1) is 0 Å². The number of hydrogen-bond donors (Lipinski definition) is 1. The lowest BCUT2D eigenvalue weighted by Gasteiger charge is -2.15. The minimum Gasteiger partial charge on any atom is -0.179 e. The van der Waals surface area contributed by atoms with Crippen LogP contribution in [-0.4, -0.2) is 5.75 Å². The third-order valence-electron chi connectivity index (χ3n) is 1.92. The summed E-state index contributed by atoms with van der Waals surface area (Å²) in [7, 11) is 0. The lowest BCUT2D eigenvalue weighted by Crippen LogP contribution is -2.02. The van der Waals surface area contributed by atoms with Crippen LogP contribution in [0.5, 0.6) is 0 Å². The van der Waals surface area contributed by atoms with E-state index in [2.05, 4.69) is 24.8 Å². The van der Waals surface area contributed by atoms with Gasteiger partial charge in [-0.05, 0) is 37.4 Å². The second-order valence-corrected chi connectivity index (χ2v) is 3.11. The maximum atomic E-state index is 4.21. The van der Waals surface area contributed by atoms with Gasteiger partial charge in [0.2, 0.25) is 0 Å². The highest BCUT2D eigenvalue weighted by molar-refractivity contribution is 7.80. The maximum Gasteiger partial charge on any atom is -0.00952 e. The van der Waals surface area contributed by atoms with Crippen LogP contribution in [0.3, 0.4) is 0 Å². The van der Waals surface area contributed by atoms with E-state index in [1.54, 1.807) is 0 Å². The fourth-order valence-electron chi connectivity index (χ4n) is 1.30. The Morgan fingerprint density at radius 2 is 2.33 bits per heavy atom. The third kappa shape index (κ3) is 2.44. The van der Waals surface area contributed by atoms with Gasteiger partial charge in [0.25, 0.3) is 0 Å². The highest BCUT2D eigenvalue weighted by atomic mass is 32.1. The van der Waals surface area contributed by atoms with Crippen LogP contribution in [-0.2, 0) is 0 Å². The average molecular weight is 142 g/mol. The molecule has 9 heavy (non-hydrogen) atoms. The SMILES string of the molecule is SCCC1CC=CCC1. The highest BCUT2D eigenvalue weighted by Gasteiger charge is 2.07. The molecule has 52 valence electrons. The summed E-state index contributed by atoms with van der Waals surface area (Å²) in [5.74, 6) is 1.99. The van der Waals surface area contributed by atoms with Gasteiger partial charge in [-0.2, -0.15) is 12.6 Å². The second kappa shape index (κ2) is 3.99. The molecule has 0 aromatic heterocycles. The molecule has 1 aliphatic rings. The van der Waals surface area contributed by atoms with E-state index in [4.69, 9.17) is 0 Å². The van der Waals surface area contributed by atoms with Crippen molar-refractivity contribution in [2.45, 2.75) is 25.7 Å². The van der Waals surface area contributed by atoms with Gasteiger partial charge in [-0.1, -0.05) is 12.2 Å². The summed E-state index contributed by atoms with van der Waals surface area (Å²) >= 11 is 4.21. The zero-order valence-corrected chi connectivity index (χ0v) is 6.61. The summed E-state index contributed by atoms with van der Waals surface area (Å²) in [5.41, 5.74) is 0. The molecule has 0 amide bonds. The fourth-order valence-corrected chi connectivity index (χ4v) is 1.67. The first kappa shape index (κ1) is 7.20. The Labute approximate surface area is 62.8 Å². The zero-order chi connectivity index (χ0) is 6.53. The van der Waals surface area contributed by atoms with E-state index in [0.29, 0.717) is 0 Å². The molecule has 0 heterocycles. The number of thiol groups is 1. The normalized spacial score (nSPS) is 26.6. The molecule has 1 heteroatoms. The third-order valence-corrected chi connectivity index (χ3v) is 2.17. The van der Waals surface area contributed by atoms with Crippen LogP contribution < -0.4 is 0 Å². The lowest BCUT2D eigenvalue weighted by atomic mass is 9.92. The van der Waals surface area contributed by atoms with Crippen LogP contribution in [0.4, 0.5) is 0 Å². The van der Waals surface area contributed by atoms with Crippen molar-refractivity contribution >= 4 is 12.6 Å². The summed E-state index contributed by atoms with van der Waals surface area (Å²) in [5, 5.41) is 0. The van der Waals surface area contributed by atoms with E-state index in [9.17, 15) is 0 Å². The Kier molecular flexibility index (Phi) is 3.20. The quantitative estimate of drug-likeness (QED) is 0.445. The summed E-state index contributed by atoms with van der Waals surface area (Å²) in [4.78, 5) is 0. The molecular formula is C8H14S. The molecule has 0 bridgehead atoms. The maximum absolute atomic E-state index is 4.21. The molecule has 0 aromatic rings. The van der Waals surface area contributed by atoms with Crippen LogP contribution in [0.15, 0.2) is 12.2 Å². The van der Waals surface area contributed by atoms with Crippen LogP contribution >= 0.6 is 12.6 Å². The second-order valence-electron chi connectivity index (χ2n) is 2.66. The number of rotatable bonds is 2. The predicted molar refractivity (Wildman–Crippen MR) is 45.0 cm³/mol. The van der Waals surface area contributed by atoms with Crippen molar-refractivity contribution in [1.29, 1.82) is 0 Å². The van der Waals surface area contributed by atoms with Gasteiger partial charge in [-0.3, -0.25) is 0 Å². The molecule has 0 spiro atoms. The molecule has 0 saturated heterocycles. The van der Waals surface area contributed by atoms with Crippen molar-refractivity contribution in [3.63, 3.8) is 0 Å². The number of allylic oxidation sites excluding steroid dienone is 2. The molecule has 1 rings (SSSR count). The zero-order valence-electron chi connectivity index (χ0n) is 5.71. The fraction of sp³-hybridized carbons (Fsp3) is 0.750.